The average Bonchev–Trinajstić information content (AvgIpc) is 2.50. The van der Waals surface area contributed by atoms with Crippen LogP contribution in [0, 0.1) is 19.7 Å². The van der Waals surface area contributed by atoms with Crippen molar-refractivity contribution in [3.8, 4) is 0 Å². The van der Waals surface area contributed by atoms with Crippen LogP contribution in [-0.4, -0.2) is 4.98 Å². The topological polar surface area (TPSA) is 24.9 Å². The number of aromatic nitrogens is 1. The van der Waals surface area contributed by atoms with Crippen LogP contribution >= 0.6 is 0 Å². The second-order valence-corrected chi connectivity index (χ2v) is 5.92. The minimum Gasteiger partial charge on any atom is -0.305 e. The van der Waals surface area contributed by atoms with Crippen molar-refractivity contribution in [1.29, 1.82) is 0 Å². The van der Waals surface area contributed by atoms with Gasteiger partial charge in [0.2, 0.25) is 0 Å². The third-order valence-electron chi connectivity index (χ3n) is 4.24. The van der Waals surface area contributed by atoms with E-state index in [1.807, 2.05) is 38.2 Å². The Morgan fingerprint density at radius 1 is 1.29 bits per heavy atom. The van der Waals surface area contributed by atoms with Gasteiger partial charge in [-0.2, -0.15) is 0 Å². The average molecular weight is 284 g/mol. The molecule has 2 aromatic rings. The maximum atomic E-state index is 13.7. The molecular weight excluding hydrogens is 263 g/mol. The molecule has 3 rings (SSSR count). The number of benzene rings is 1. The largest absolute Gasteiger partial charge is 0.305 e. The number of nitrogens with zero attached hydrogens (tertiary/aromatic N) is 1. The van der Waals surface area contributed by atoms with Gasteiger partial charge in [-0.1, -0.05) is 18.2 Å². The summed E-state index contributed by atoms with van der Waals surface area (Å²) in [5.41, 5.74) is 5.10. The molecule has 0 bridgehead atoms. The van der Waals surface area contributed by atoms with Crippen LogP contribution in [0.4, 0.5) is 4.39 Å². The van der Waals surface area contributed by atoms with Crippen molar-refractivity contribution in [3.05, 3.63) is 64.2 Å². The maximum Gasteiger partial charge on any atom is 0.129 e. The summed E-state index contributed by atoms with van der Waals surface area (Å²) in [5, 5.41) is 3.58. The molecule has 1 atom stereocenters. The number of halogens is 1. The van der Waals surface area contributed by atoms with Crippen molar-refractivity contribution in [3.63, 3.8) is 0 Å². The lowest BCUT2D eigenvalue weighted by atomic mass is 9.91. The van der Waals surface area contributed by atoms with Gasteiger partial charge in [-0.15, -0.1) is 0 Å². The van der Waals surface area contributed by atoms with E-state index >= 15 is 0 Å². The van der Waals surface area contributed by atoms with Crippen molar-refractivity contribution >= 4 is 0 Å². The quantitative estimate of drug-likeness (QED) is 0.921. The smallest absolute Gasteiger partial charge is 0.129 e. The summed E-state index contributed by atoms with van der Waals surface area (Å²) < 4.78 is 13.7. The molecule has 110 valence electrons. The predicted octanol–water partition coefficient (Wildman–Crippen LogP) is 4.00. The van der Waals surface area contributed by atoms with Gasteiger partial charge in [0.05, 0.1) is 11.7 Å². The minimum atomic E-state index is -0.0940. The van der Waals surface area contributed by atoms with Gasteiger partial charge < -0.3 is 5.32 Å². The van der Waals surface area contributed by atoms with E-state index in [0.717, 1.165) is 24.9 Å². The number of nitrogens with one attached hydrogen (secondary N) is 1. The van der Waals surface area contributed by atoms with Gasteiger partial charge >= 0.3 is 0 Å². The van der Waals surface area contributed by atoms with Gasteiger partial charge in [-0.25, -0.2) is 4.39 Å². The Labute approximate surface area is 125 Å². The summed E-state index contributed by atoms with van der Waals surface area (Å²) in [4.78, 5) is 4.54. The fraction of sp³-hybridized carbons (Fsp3) is 0.389. The zero-order chi connectivity index (χ0) is 14.8. The molecule has 0 saturated carbocycles. The molecule has 1 heterocycles. The second kappa shape index (κ2) is 5.94. The van der Waals surface area contributed by atoms with Gasteiger partial charge in [-0.05, 0) is 61.4 Å². The van der Waals surface area contributed by atoms with Crippen LogP contribution in [0.3, 0.4) is 0 Å². The molecule has 0 aliphatic heterocycles. The van der Waals surface area contributed by atoms with E-state index in [1.54, 1.807) is 0 Å². The van der Waals surface area contributed by atoms with Crippen LogP contribution in [0.5, 0.6) is 0 Å². The third kappa shape index (κ3) is 2.98. The summed E-state index contributed by atoms with van der Waals surface area (Å²) in [6.45, 7) is 4.40. The summed E-state index contributed by atoms with van der Waals surface area (Å²) in [6.07, 6.45) is 5.29. The fourth-order valence-electron chi connectivity index (χ4n) is 3.19. The van der Waals surface area contributed by atoms with Crippen molar-refractivity contribution < 1.29 is 4.39 Å². The van der Waals surface area contributed by atoms with Gasteiger partial charge in [0.25, 0.3) is 0 Å². The van der Waals surface area contributed by atoms with Gasteiger partial charge in [0.1, 0.15) is 5.82 Å². The SMILES string of the molecule is Cc1cc(CNC2CCCc3cccnc32)cc(C)c1F. The van der Waals surface area contributed by atoms with Crippen molar-refractivity contribution in [2.45, 2.75) is 45.7 Å². The van der Waals surface area contributed by atoms with Crippen LogP contribution in [0.25, 0.3) is 0 Å². The summed E-state index contributed by atoms with van der Waals surface area (Å²) in [5.74, 6) is -0.0940. The molecule has 1 unspecified atom stereocenters. The number of pyridine rings is 1. The van der Waals surface area contributed by atoms with Crippen LogP contribution in [0.15, 0.2) is 30.5 Å². The van der Waals surface area contributed by atoms with Crippen LogP contribution in [-0.2, 0) is 13.0 Å². The molecule has 0 amide bonds. The number of rotatable bonds is 3. The molecule has 1 aliphatic rings. The Morgan fingerprint density at radius 2 is 2.05 bits per heavy atom. The summed E-state index contributed by atoms with van der Waals surface area (Å²) >= 11 is 0. The van der Waals surface area contributed by atoms with Crippen molar-refractivity contribution in [2.75, 3.05) is 0 Å². The molecule has 0 radical (unpaired) electrons. The van der Waals surface area contributed by atoms with E-state index in [1.165, 1.54) is 17.7 Å². The van der Waals surface area contributed by atoms with Crippen LogP contribution in [0.2, 0.25) is 0 Å². The first kappa shape index (κ1) is 14.2. The highest BCUT2D eigenvalue weighted by molar-refractivity contribution is 5.31. The van der Waals surface area contributed by atoms with E-state index in [-0.39, 0.29) is 5.82 Å². The van der Waals surface area contributed by atoms with Crippen molar-refractivity contribution in [1.82, 2.24) is 10.3 Å². The van der Waals surface area contributed by atoms with E-state index in [2.05, 4.69) is 16.4 Å². The lowest BCUT2D eigenvalue weighted by Crippen LogP contribution is -2.26. The lowest BCUT2D eigenvalue weighted by molar-refractivity contribution is 0.447. The lowest BCUT2D eigenvalue weighted by Gasteiger charge is -2.25. The fourth-order valence-corrected chi connectivity index (χ4v) is 3.19. The normalized spacial score (nSPS) is 17.6. The molecule has 21 heavy (non-hydrogen) atoms. The van der Waals surface area contributed by atoms with E-state index < -0.39 is 0 Å². The predicted molar refractivity (Wildman–Crippen MR) is 82.6 cm³/mol. The summed E-state index contributed by atoms with van der Waals surface area (Å²) in [7, 11) is 0. The first-order valence-corrected chi connectivity index (χ1v) is 7.58. The molecule has 1 N–H and O–H groups in total. The zero-order valence-corrected chi connectivity index (χ0v) is 12.6. The zero-order valence-electron chi connectivity index (χ0n) is 12.6. The molecule has 2 nitrogen and oxygen atoms in total. The number of hydrogen-bond acceptors (Lipinski definition) is 2. The van der Waals surface area contributed by atoms with Gasteiger partial charge in [0, 0.05) is 12.7 Å². The molecule has 3 heteroatoms. The highest BCUT2D eigenvalue weighted by atomic mass is 19.1. The second-order valence-electron chi connectivity index (χ2n) is 5.92. The van der Waals surface area contributed by atoms with E-state index in [0.29, 0.717) is 17.2 Å². The maximum absolute atomic E-state index is 13.7. The van der Waals surface area contributed by atoms with Crippen LogP contribution < -0.4 is 5.32 Å². The molecule has 0 saturated heterocycles. The monoisotopic (exact) mass is 284 g/mol. The number of fused-ring (bicyclic) bond motifs is 1. The highest BCUT2D eigenvalue weighted by Crippen LogP contribution is 2.28. The molecule has 1 aromatic heterocycles. The molecule has 1 aliphatic carbocycles. The standard InChI is InChI=1S/C18H21FN2/c1-12-9-14(10-13(2)17(12)19)11-21-16-7-3-5-15-6-4-8-20-18(15)16/h4,6,8-10,16,21H,3,5,7,11H2,1-2H3. The van der Waals surface area contributed by atoms with E-state index in [9.17, 15) is 4.39 Å². The minimum absolute atomic E-state index is 0.0940. The Hall–Kier alpha value is -1.74. The van der Waals surface area contributed by atoms with E-state index in [4.69, 9.17) is 0 Å². The van der Waals surface area contributed by atoms with Gasteiger partial charge in [-0.3, -0.25) is 4.98 Å². The Balaban J connectivity index is 1.74. The summed E-state index contributed by atoms with van der Waals surface area (Å²) in [6, 6.07) is 8.34. The number of hydrogen-bond donors (Lipinski definition) is 1. The highest BCUT2D eigenvalue weighted by Gasteiger charge is 2.20. The third-order valence-corrected chi connectivity index (χ3v) is 4.24. The Kier molecular flexibility index (Phi) is 4.02. The Morgan fingerprint density at radius 3 is 2.81 bits per heavy atom. The van der Waals surface area contributed by atoms with Gasteiger partial charge in [0.15, 0.2) is 0 Å². The molecule has 0 spiro atoms. The van der Waals surface area contributed by atoms with Crippen molar-refractivity contribution in [2.24, 2.45) is 0 Å². The number of aryl methyl sites for hydroxylation is 3. The molecular formula is C18H21FN2. The molecule has 1 aromatic carbocycles. The first-order chi connectivity index (χ1) is 10.1. The molecule has 0 fully saturated rings. The first-order valence-electron chi connectivity index (χ1n) is 7.58. The Bertz CT molecular complexity index is 628. The van der Waals surface area contributed by atoms with Crippen LogP contribution in [0.1, 0.15) is 46.8 Å².